The van der Waals surface area contributed by atoms with Gasteiger partial charge in [0.25, 0.3) is 5.91 Å². The number of rotatable bonds is 6. The Balaban J connectivity index is 1.81. The van der Waals surface area contributed by atoms with Crippen LogP contribution in [0.2, 0.25) is 0 Å². The smallest absolute Gasteiger partial charge is 0.416 e. The van der Waals surface area contributed by atoms with Crippen LogP contribution in [0.15, 0.2) is 53.4 Å². The highest BCUT2D eigenvalue weighted by molar-refractivity contribution is 8.26. The van der Waals surface area contributed by atoms with Gasteiger partial charge in [0.15, 0.2) is 0 Å². The first-order valence-corrected chi connectivity index (χ1v) is 10.1. The highest BCUT2D eigenvalue weighted by Gasteiger charge is 2.32. The van der Waals surface area contributed by atoms with Crippen LogP contribution >= 0.6 is 24.0 Å². The maximum absolute atomic E-state index is 13.0. The highest BCUT2D eigenvalue weighted by Crippen LogP contribution is 2.34. The van der Waals surface area contributed by atoms with E-state index in [1.165, 1.54) is 11.0 Å². The summed E-state index contributed by atoms with van der Waals surface area (Å²) in [5.74, 6) is -1.25. The summed E-state index contributed by atoms with van der Waals surface area (Å²) in [4.78, 5) is 25.0. The van der Waals surface area contributed by atoms with Gasteiger partial charge in [0, 0.05) is 13.0 Å². The molecule has 1 heterocycles. The third-order valence-electron chi connectivity index (χ3n) is 4.35. The predicted molar refractivity (Wildman–Crippen MR) is 114 cm³/mol. The first kappa shape index (κ1) is 22.0. The van der Waals surface area contributed by atoms with E-state index in [2.05, 4.69) is 0 Å². The van der Waals surface area contributed by atoms with E-state index in [-0.39, 0.29) is 18.9 Å². The Labute approximate surface area is 180 Å². The third-order valence-corrected chi connectivity index (χ3v) is 5.73. The number of carboxylic acids is 1. The van der Waals surface area contributed by atoms with Crippen LogP contribution in [0.3, 0.4) is 0 Å². The fraction of sp³-hybridized carbons (Fsp3) is 0.190. The van der Waals surface area contributed by atoms with Gasteiger partial charge in [-0.05, 0) is 47.4 Å². The van der Waals surface area contributed by atoms with E-state index in [0.29, 0.717) is 32.3 Å². The van der Waals surface area contributed by atoms with Gasteiger partial charge in [0.2, 0.25) is 0 Å². The number of benzene rings is 2. The summed E-state index contributed by atoms with van der Waals surface area (Å²) >= 11 is 6.33. The van der Waals surface area contributed by atoms with Crippen molar-refractivity contribution < 1.29 is 27.9 Å². The number of aliphatic carboxylic acids is 1. The first-order chi connectivity index (χ1) is 14.1. The second-order valence-corrected chi connectivity index (χ2v) is 8.21. The molecule has 0 bridgehead atoms. The van der Waals surface area contributed by atoms with Gasteiger partial charge in [0.1, 0.15) is 4.32 Å². The first-order valence-electron chi connectivity index (χ1n) is 8.90. The normalized spacial score (nSPS) is 15.8. The molecular formula is C21H16F3NO3S2. The Morgan fingerprint density at radius 2 is 1.80 bits per heavy atom. The highest BCUT2D eigenvalue weighted by atomic mass is 32.2. The molecule has 156 valence electrons. The molecule has 0 atom stereocenters. The Morgan fingerprint density at radius 3 is 2.47 bits per heavy atom. The predicted octanol–water partition coefficient (Wildman–Crippen LogP) is 5.44. The number of carbonyl (C=O) groups is 2. The van der Waals surface area contributed by atoms with Crippen LogP contribution in [-0.4, -0.2) is 32.7 Å². The fourth-order valence-electron chi connectivity index (χ4n) is 2.92. The number of alkyl halides is 3. The van der Waals surface area contributed by atoms with Gasteiger partial charge >= 0.3 is 12.1 Å². The SMILES string of the molecule is O=C(O)CCCN1C(=O)C(=Cc2cccc(-c3cccc(C(F)(F)F)c3)c2)SC1=S. The minimum absolute atomic E-state index is 0.0604. The third kappa shape index (κ3) is 5.28. The zero-order valence-electron chi connectivity index (χ0n) is 15.5. The van der Waals surface area contributed by atoms with Crippen molar-refractivity contribution in [2.24, 2.45) is 0 Å². The second-order valence-electron chi connectivity index (χ2n) is 6.53. The van der Waals surface area contributed by atoms with Gasteiger partial charge in [-0.15, -0.1) is 0 Å². The Bertz CT molecular complexity index is 1030. The molecule has 1 fully saturated rings. The number of halogens is 3. The van der Waals surface area contributed by atoms with Crippen LogP contribution in [0.5, 0.6) is 0 Å². The molecule has 9 heteroatoms. The van der Waals surface area contributed by atoms with Crippen molar-refractivity contribution >= 4 is 46.3 Å². The molecule has 1 amide bonds. The topological polar surface area (TPSA) is 57.6 Å². The van der Waals surface area contributed by atoms with Crippen LogP contribution in [-0.2, 0) is 15.8 Å². The van der Waals surface area contributed by atoms with Crippen LogP contribution < -0.4 is 0 Å². The van der Waals surface area contributed by atoms with E-state index in [1.54, 1.807) is 36.4 Å². The molecule has 0 spiro atoms. The lowest BCUT2D eigenvalue weighted by Crippen LogP contribution is -2.29. The quantitative estimate of drug-likeness (QED) is 0.468. The summed E-state index contributed by atoms with van der Waals surface area (Å²) in [6, 6.07) is 11.9. The monoisotopic (exact) mass is 451 g/mol. The zero-order chi connectivity index (χ0) is 21.9. The molecule has 1 aliphatic rings. The summed E-state index contributed by atoms with van der Waals surface area (Å²) in [6.07, 6.45) is -2.56. The number of nitrogens with zero attached hydrogens (tertiary/aromatic N) is 1. The molecule has 30 heavy (non-hydrogen) atoms. The Kier molecular flexibility index (Phi) is 6.62. The summed E-state index contributed by atoms with van der Waals surface area (Å²) in [5, 5.41) is 8.73. The average Bonchev–Trinajstić information content (AvgIpc) is 2.95. The summed E-state index contributed by atoms with van der Waals surface area (Å²) in [7, 11) is 0. The number of amides is 1. The molecule has 1 N–H and O–H groups in total. The van der Waals surface area contributed by atoms with E-state index < -0.39 is 17.7 Å². The molecule has 1 aliphatic heterocycles. The van der Waals surface area contributed by atoms with Crippen molar-refractivity contribution in [3.05, 3.63) is 64.6 Å². The molecule has 1 saturated heterocycles. The molecule has 0 saturated carbocycles. The van der Waals surface area contributed by atoms with Gasteiger partial charge in [0.05, 0.1) is 10.5 Å². The van der Waals surface area contributed by atoms with Gasteiger partial charge in [-0.1, -0.05) is 54.3 Å². The van der Waals surface area contributed by atoms with Crippen LogP contribution in [0.4, 0.5) is 13.2 Å². The lowest BCUT2D eigenvalue weighted by Gasteiger charge is -2.13. The van der Waals surface area contributed by atoms with E-state index in [1.807, 2.05) is 0 Å². The molecule has 0 aromatic heterocycles. The standard InChI is InChI=1S/C21H16F3NO3S2/c22-21(23,24)16-7-2-6-15(12-16)14-5-1-4-13(10-14)11-17-19(28)25(20(29)30-17)9-3-8-18(26)27/h1-2,4-7,10-12H,3,8-9H2,(H,26,27). The van der Waals surface area contributed by atoms with Crippen molar-refractivity contribution in [2.75, 3.05) is 6.54 Å². The van der Waals surface area contributed by atoms with Crippen molar-refractivity contribution in [1.82, 2.24) is 4.90 Å². The summed E-state index contributed by atoms with van der Waals surface area (Å²) in [5.41, 5.74) is 0.927. The molecule has 2 aromatic carbocycles. The van der Waals surface area contributed by atoms with Crippen LogP contribution in [0, 0.1) is 0 Å². The Hall–Kier alpha value is -2.65. The number of hydrogen-bond donors (Lipinski definition) is 1. The molecule has 3 rings (SSSR count). The largest absolute Gasteiger partial charge is 0.481 e. The minimum atomic E-state index is -4.43. The van der Waals surface area contributed by atoms with Crippen LogP contribution in [0.1, 0.15) is 24.0 Å². The van der Waals surface area contributed by atoms with Crippen LogP contribution in [0.25, 0.3) is 17.2 Å². The van der Waals surface area contributed by atoms with Gasteiger partial charge in [-0.25, -0.2) is 0 Å². The average molecular weight is 451 g/mol. The molecule has 0 radical (unpaired) electrons. The maximum Gasteiger partial charge on any atom is 0.416 e. The number of carboxylic acid groups (broad SMARTS) is 1. The molecule has 4 nitrogen and oxygen atoms in total. The lowest BCUT2D eigenvalue weighted by atomic mass is 10.0. The van der Waals surface area contributed by atoms with Gasteiger partial charge in [-0.2, -0.15) is 13.2 Å². The van der Waals surface area contributed by atoms with Crippen molar-refractivity contribution in [3.63, 3.8) is 0 Å². The van der Waals surface area contributed by atoms with Crippen molar-refractivity contribution in [1.29, 1.82) is 0 Å². The van der Waals surface area contributed by atoms with Gasteiger partial charge in [-0.3, -0.25) is 14.5 Å². The maximum atomic E-state index is 13.0. The number of thiocarbonyl (C=S) groups is 1. The number of hydrogen-bond acceptors (Lipinski definition) is 4. The Morgan fingerprint density at radius 1 is 1.13 bits per heavy atom. The van der Waals surface area contributed by atoms with Crippen molar-refractivity contribution in [2.45, 2.75) is 19.0 Å². The minimum Gasteiger partial charge on any atom is -0.481 e. The molecule has 0 unspecified atom stereocenters. The van der Waals surface area contributed by atoms with E-state index in [9.17, 15) is 22.8 Å². The fourth-order valence-corrected chi connectivity index (χ4v) is 4.22. The molecule has 0 aliphatic carbocycles. The van der Waals surface area contributed by atoms with E-state index in [0.717, 1.165) is 23.9 Å². The zero-order valence-corrected chi connectivity index (χ0v) is 17.1. The number of carbonyl (C=O) groups excluding carboxylic acids is 1. The van der Waals surface area contributed by atoms with E-state index >= 15 is 0 Å². The lowest BCUT2D eigenvalue weighted by molar-refractivity contribution is -0.138. The van der Waals surface area contributed by atoms with Gasteiger partial charge < -0.3 is 5.11 Å². The molecular weight excluding hydrogens is 435 g/mol. The van der Waals surface area contributed by atoms with E-state index in [4.69, 9.17) is 17.3 Å². The summed E-state index contributed by atoms with van der Waals surface area (Å²) in [6.45, 7) is 0.221. The molecule has 2 aromatic rings. The second kappa shape index (κ2) is 9.01. The number of thioether (sulfide) groups is 1. The van der Waals surface area contributed by atoms with Crippen molar-refractivity contribution in [3.8, 4) is 11.1 Å². The summed E-state index contributed by atoms with van der Waals surface area (Å²) < 4.78 is 39.3.